The summed E-state index contributed by atoms with van der Waals surface area (Å²) >= 11 is 31.8. The Labute approximate surface area is 786 Å². The lowest BCUT2D eigenvalue weighted by Gasteiger charge is -2.27. The first-order chi connectivity index (χ1) is 63.9. The van der Waals surface area contributed by atoms with E-state index in [9.17, 15) is 43.4 Å². The van der Waals surface area contributed by atoms with E-state index in [-0.39, 0.29) is 84.8 Å². The first-order valence-corrected chi connectivity index (χ1v) is 56.6. The molecule has 21 heterocycles. The van der Waals surface area contributed by atoms with Gasteiger partial charge in [-0.05, 0) is 83.3 Å². The number of nitrogens with two attached hydrogens (primary N) is 6. The van der Waals surface area contributed by atoms with Crippen LogP contribution in [0.5, 0.6) is 0 Å². The molecule has 0 saturated carbocycles. The Morgan fingerprint density at radius 3 is 1.29 bits per heavy atom. The van der Waals surface area contributed by atoms with Gasteiger partial charge in [-0.15, -0.1) is 33.7 Å². The minimum atomic E-state index is -4.45. The largest absolute Gasteiger partial charge is 0.398 e. The molecular formula is C63H69F6N27O25P6S8. The van der Waals surface area contributed by atoms with Crippen molar-refractivity contribution in [3.8, 4) is 0 Å². The molecule has 12 aromatic heterocycles. The Morgan fingerprint density at radius 1 is 0.415 bits per heavy atom. The number of anilines is 6. The number of ether oxygens (including phenoxy) is 4. The maximum atomic E-state index is 16.0. The standard InChI is InChI=1S/C23H25F2N7O9P2S2.2C20H22F2N10O8P2S3/c24-15-12-6-36-42(34,44)40-18-13(39-22(16(18)25)31-4-2-9-10(26)1-3-28-20(9)31)7-37-43(35,45)41-19(15)23(38-12)32-8-29-17-11(32)5-14(27)30-21(17)33;2*21-9-8-4-37-42(35,44)39-13-7(38-18(10(13)22)32-15-11(29-30-32)6(23)1-2-25-15)3-36-41(34,43)40-14(9)19(45-8)31-5-26-12-16(31)27-20(24)28-17(12)33/h1-5,8,12-13,15-16,18-19,22-23H,6-7H2,(H2,26,28)(H,34,44)(H,35,45)(H3,27,30,33);2*1-2,5,7-10,13-14,18-19H,3-4H2,(H2,23,25)(H,34,43)(H,35,44)(H3,24,27,28,33)/t12-,13-,15-,16+,18-,19-,22-,23-,42?,43?;2*7-,8-,9+,10+,13-,14-,18-,19-,41?,42?/m111/s1. The highest BCUT2D eigenvalue weighted by molar-refractivity contribution is 8.44. The van der Waals surface area contributed by atoms with E-state index in [2.05, 4.69) is 87.7 Å². The fourth-order valence-electron chi connectivity index (χ4n) is 16.0. The van der Waals surface area contributed by atoms with Crippen LogP contribution in [-0.4, -0.2) is 276 Å². The number of thiol groups is 1. The Hall–Kier alpha value is -7.02. The zero-order valence-electron chi connectivity index (χ0n) is 67.2. The molecule has 9 saturated heterocycles. The van der Waals surface area contributed by atoms with E-state index in [1.165, 1.54) is 80.2 Å². The number of H-pyrrole nitrogens is 3. The van der Waals surface area contributed by atoms with Crippen LogP contribution in [0.25, 0.3) is 66.7 Å². The van der Waals surface area contributed by atoms with Crippen molar-refractivity contribution in [2.45, 2.75) is 144 Å². The number of aromatic amines is 3. The highest BCUT2D eigenvalue weighted by atomic mass is 32.7. The number of nitrogens with zero attached hydrogens (tertiary/aromatic N) is 18. The number of aromatic nitrogens is 21. The highest BCUT2D eigenvalue weighted by Crippen LogP contribution is 2.63. The first kappa shape index (κ1) is 96.8. The molecule has 21 rings (SSSR count). The summed E-state index contributed by atoms with van der Waals surface area (Å²) in [6, 6.07) is 7.56. The number of pyridine rings is 4. The highest BCUT2D eigenvalue weighted by Gasteiger charge is 2.59. The zero-order chi connectivity index (χ0) is 95.5. The van der Waals surface area contributed by atoms with Crippen molar-refractivity contribution in [1.82, 2.24) is 103 Å². The van der Waals surface area contributed by atoms with E-state index in [4.69, 9.17) is 167 Å². The van der Waals surface area contributed by atoms with Crippen LogP contribution in [0.2, 0.25) is 0 Å². The van der Waals surface area contributed by atoms with Gasteiger partial charge in [0.25, 0.3) is 16.7 Å². The smallest absolute Gasteiger partial charge is 0.386 e. The summed E-state index contributed by atoms with van der Waals surface area (Å²) in [6.07, 6.45) is -23.3. The van der Waals surface area contributed by atoms with Gasteiger partial charge in [-0.1, -0.05) is 22.7 Å². The summed E-state index contributed by atoms with van der Waals surface area (Å²) < 4.78 is 207. The van der Waals surface area contributed by atoms with Gasteiger partial charge in [0.2, 0.25) is 11.9 Å². The van der Waals surface area contributed by atoms with Crippen LogP contribution in [0, 0.1) is 0 Å². The molecular weight excluding hydrogens is 2090 g/mol. The van der Waals surface area contributed by atoms with Crippen molar-refractivity contribution in [2.75, 3.05) is 74.0 Å². The molecule has 0 amide bonds. The third kappa shape index (κ3) is 19.0. The van der Waals surface area contributed by atoms with Gasteiger partial charge >= 0.3 is 40.4 Å². The van der Waals surface area contributed by atoms with Gasteiger partial charge in [0.1, 0.15) is 95.6 Å². The van der Waals surface area contributed by atoms with Crippen LogP contribution in [-0.2, 0) is 137 Å². The maximum absolute atomic E-state index is 16.0. The normalized spacial score (nSPS) is 37.7. The monoisotopic (exact) mass is 2160 g/mol. The number of fused-ring (bicyclic) bond motifs is 15. The Balaban J connectivity index is 0.000000130. The van der Waals surface area contributed by atoms with Crippen molar-refractivity contribution in [2.24, 2.45) is 0 Å². The van der Waals surface area contributed by atoms with Gasteiger partial charge in [-0.3, -0.25) is 65.2 Å². The van der Waals surface area contributed by atoms with Crippen LogP contribution in [0.15, 0.2) is 88.5 Å². The molecule has 6 bridgehead atoms. The number of imidazole rings is 3. The molecule has 135 heavy (non-hydrogen) atoms. The van der Waals surface area contributed by atoms with Gasteiger partial charge in [-0.2, -0.15) is 19.3 Å². The van der Waals surface area contributed by atoms with Crippen molar-refractivity contribution in [3.05, 3.63) is 105 Å². The number of rotatable bonds is 6. The average Bonchev–Trinajstić information content (AvgIpc) is 1.63. The molecule has 20 N–H and O–H groups in total. The van der Waals surface area contributed by atoms with Crippen molar-refractivity contribution < 1.29 is 129 Å². The Kier molecular flexibility index (Phi) is 26.6. The van der Waals surface area contributed by atoms with Crippen LogP contribution in [0.1, 0.15) is 35.7 Å². The predicted molar refractivity (Wildman–Crippen MR) is 483 cm³/mol. The first-order valence-electron chi connectivity index (χ1n) is 39.1. The zero-order valence-corrected chi connectivity index (χ0v) is 79.2. The van der Waals surface area contributed by atoms with E-state index in [1.807, 2.05) is 0 Å². The molecule has 0 radical (unpaired) electrons. The van der Waals surface area contributed by atoms with Crippen molar-refractivity contribution in [3.63, 3.8) is 0 Å². The van der Waals surface area contributed by atoms with E-state index >= 15 is 26.3 Å². The molecule has 0 aromatic carbocycles. The minimum Gasteiger partial charge on any atom is -0.398 e. The van der Waals surface area contributed by atoms with E-state index in [0.717, 1.165) is 32.9 Å². The van der Waals surface area contributed by atoms with Crippen LogP contribution in [0.4, 0.5) is 61.1 Å². The lowest BCUT2D eigenvalue weighted by Crippen LogP contribution is -2.34. The molecule has 6 unspecified atom stereocenters. The van der Waals surface area contributed by atoms with Crippen LogP contribution < -0.4 is 51.1 Å². The van der Waals surface area contributed by atoms with Gasteiger partial charge < -0.3 is 115 Å². The van der Waals surface area contributed by atoms with Crippen LogP contribution >= 0.6 is 76.2 Å². The summed E-state index contributed by atoms with van der Waals surface area (Å²) in [4.78, 5) is 132. The van der Waals surface area contributed by atoms with E-state index in [0.29, 0.717) is 16.7 Å². The van der Waals surface area contributed by atoms with E-state index < -0.39 is 241 Å². The summed E-state index contributed by atoms with van der Waals surface area (Å²) in [5.74, 6) is -0.431. The predicted octanol–water partition coefficient (Wildman–Crippen LogP) is 3.61. The number of nitrogen functional groups attached to an aromatic ring is 6. The Morgan fingerprint density at radius 2 is 0.807 bits per heavy atom. The van der Waals surface area contributed by atoms with Crippen molar-refractivity contribution in [1.29, 1.82) is 0 Å². The molecule has 30 atom stereocenters. The SMILES string of the molecule is Nc1cc2c(ncn2[C@@H]2O[C@@H]3COP(O)(=S)O[C@H]4[C@H](F)[C@H](n5ccc6c(N)ccnc65)O[C@@H]4COP(=O)(S)O[C@@H]2[C@@H]3F)c(=O)[nH]1.Nc1nc2c(ncn2[C@@H]2S[C@@H]3COP(O)(=S)O[C@H]4[C@H](F)[C@H](n5nnc6c(N)ccnc65)O[C@@H]4COP(O)(=S)O[C@@H]2[C@H]3F)c(=O)[nH]1.Nc1nc2c(ncn2[C@@H]2S[C@@H]3COP(O)(=S)O[C@H]4[C@H](F)[C@H](n5nnc6c(N)ccnc65)O[C@@H]4COP(O)(=S)O[C@@H]2[C@H]3F)c(=O)[nH]1. The van der Waals surface area contributed by atoms with Crippen LogP contribution in [0.3, 0.4) is 0 Å². The molecule has 72 heteroatoms. The number of halogens is 6. The fraction of sp³-hybridized carbons (Fsp3) is 0.476. The number of alkyl halides is 6. The molecule has 0 spiro atoms. The third-order valence-electron chi connectivity index (χ3n) is 22.0. The number of hydrogen-bond donors (Lipinski definition) is 15. The molecule has 9 aliphatic rings. The summed E-state index contributed by atoms with van der Waals surface area (Å²) in [6.45, 7) is -29.5. The topological polar surface area (TPSA) is 705 Å². The lowest BCUT2D eigenvalue weighted by atomic mass is 10.1. The number of nitrogens with one attached hydrogen (secondary N) is 3. The van der Waals surface area contributed by atoms with Gasteiger partial charge in [0.05, 0.1) is 86.0 Å². The summed E-state index contributed by atoms with van der Waals surface area (Å²) in [7, 11) is 0. The number of hydrogen-bond acceptors (Lipinski definition) is 45. The quantitative estimate of drug-likeness (QED) is 0.0642. The molecule has 726 valence electrons. The number of thioether (sulfide) groups is 2. The Bertz CT molecular complexity index is 6510. The fourth-order valence-corrected chi connectivity index (χ4v) is 27.9. The molecule has 9 aliphatic heterocycles. The second kappa shape index (κ2) is 37.1. The third-order valence-corrected chi connectivity index (χ3v) is 34.5. The lowest BCUT2D eigenvalue weighted by molar-refractivity contribution is -0.0576. The van der Waals surface area contributed by atoms with Gasteiger partial charge in [-0.25, -0.2) is 60.8 Å². The maximum Gasteiger partial charge on any atom is 0.386 e. The second-order valence-electron chi connectivity index (χ2n) is 30.6. The summed E-state index contributed by atoms with van der Waals surface area (Å²) in [5, 5.41) is 12.0. The van der Waals surface area contributed by atoms with E-state index in [1.54, 1.807) is 12.1 Å². The summed E-state index contributed by atoms with van der Waals surface area (Å²) in [5.41, 5.74) is 35.0. The minimum absolute atomic E-state index is 0.00685. The molecule has 12 aromatic rings. The average molecular weight is 2160 g/mol. The van der Waals surface area contributed by atoms with Gasteiger partial charge in [0, 0.05) is 41.9 Å². The molecule has 0 aliphatic carbocycles. The second-order valence-corrected chi connectivity index (χ2v) is 50.2. The molecule has 52 nitrogen and oxygen atoms in total. The van der Waals surface area contributed by atoms with Gasteiger partial charge in [0.15, 0.2) is 99.8 Å². The molecule has 9 fully saturated rings. The van der Waals surface area contributed by atoms with Crippen molar-refractivity contribution >= 4 is 237 Å².